The van der Waals surface area contributed by atoms with Crippen molar-refractivity contribution in [2.45, 2.75) is 38.8 Å². The van der Waals surface area contributed by atoms with Crippen LogP contribution in [-0.4, -0.2) is 54.5 Å². The molecule has 1 aliphatic heterocycles. The van der Waals surface area contributed by atoms with Gasteiger partial charge in [0, 0.05) is 23.0 Å². The topological polar surface area (TPSA) is 59.1 Å². The summed E-state index contributed by atoms with van der Waals surface area (Å²) in [7, 11) is 1.59. The summed E-state index contributed by atoms with van der Waals surface area (Å²) in [5.74, 6) is 1.25. The Bertz CT molecular complexity index is 1130. The Balaban J connectivity index is 1.53. The van der Waals surface area contributed by atoms with E-state index < -0.39 is 0 Å². The average molecular weight is 493 g/mol. The smallest absolute Gasteiger partial charge is 0.254 e. The van der Waals surface area contributed by atoms with E-state index in [0.717, 1.165) is 24.2 Å². The van der Waals surface area contributed by atoms with Gasteiger partial charge in [0.1, 0.15) is 24.7 Å². The highest BCUT2D eigenvalue weighted by Gasteiger charge is 2.34. The molecule has 6 nitrogen and oxygen atoms in total. The number of rotatable bonds is 9. The van der Waals surface area contributed by atoms with E-state index >= 15 is 0 Å². The summed E-state index contributed by atoms with van der Waals surface area (Å²) in [5.41, 5.74) is 1.68. The molecule has 2 unspecified atom stereocenters. The Morgan fingerprint density at radius 2 is 1.83 bits per heavy atom. The Kier molecular flexibility index (Phi) is 8.08. The molecule has 2 amide bonds. The lowest BCUT2D eigenvalue weighted by atomic mass is 10.00. The lowest BCUT2D eigenvalue weighted by Gasteiger charge is -2.38. The van der Waals surface area contributed by atoms with Crippen molar-refractivity contribution < 1.29 is 19.1 Å². The third kappa shape index (κ3) is 5.68. The summed E-state index contributed by atoms with van der Waals surface area (Å²) in [6.45, 7) is 5.02. The van der Waals surface area contributed by atoms with Crippen LogP contribution in [0.2, 0.25) is 0 Å². The molecule has 0 saturated heterocycles. The Morgan fingerprint density at radius 1 is 1.09 bits per heavy atom. The van der Waals surface area contributed by atoms with Crippen molar-refractivity contribution in [2.24, 2.45) is 0 Å². The van der Waals surface area contributed by atoms with Crippen LogP contribution < -0.4 is 9.47 Å². The molecule has 1 aliphatic rings. The van der Waals surface area contributed by atoms with Gasteiger partial charge in [0.05, 0.1) is 13.2 Å². The van der Waals surface area contributed by atoms with Gasteiger partial charge in [-0.2, -0.15) is 0 Å². The lowest BCUT2D eigenvalue weighted by Crippen LogP contribution is -2.49. The van der Waals surface area contributed by atoms with Gasteiger partial charge in [-0.25, -0.2) is 0 Å². The van der Waals surface area contributed by atoms with Gasteiger partial charge < -0.3 is 19.3 Å². The van der Waals surface area contributed by atoms with E-state index in [9.17, 15) is 9.59 Å². The molecule has 0 fully saturated rings. The number of carbonyl (C=O) groups excluding carboxylic acids is 2. The van der Waals surface area contributed by atoms with Gasteiger partial charge in [0.25, 0.3) is 5.91 Å². The standard InChI is InChI=1S/C28H32N2O4S/c1-4-20(2)30(28(32)21-10-12-22(33-3)13-11-21)18-27(31)29-16-14-26-24(15-17-35-26)25(29)19-34-23-8-6-5-7-9-23/h5-13,15,17,20,25H,4,14,16,18-19H2,1-3H3. The molecule has 184 valence electrons. The molecule has 3 aromatic rings. The fourth-order valence-electron chi connectivity index (χ4n) is 4.35. The Morgan fingerprint density at radius 3 is 2.51 bits per heavy atom. The highest BCUT2D eigenvalue weighted by Crippen LogP contribution is 2.34. The molecule has 0 N–H and O–H groups in total. The zero-order valence-electron chi connectivity index (χ0n) is 20.5. The SMILES string of the molecule is CCC(C)N(CC(=O)N1CCc2sccc2C1COc1ccccc1)C(=O)c1ccc(OC)cc1. The molecule has 0 saturated carbocycles. The molecule has 0 bridgehead atoms. The molecule has 7 heteroatoms. The molecular weight excluding hydrogens is 460 g/mol. The number of fused-ring (bicyclic) bond motifs is 1. The first-order valence-corrected chi connectivity index (χ1v) is 12.9. The number of ether oxygens (including phenoxy) is 2. The molecule has 35 heavy (non-hydrogen) atoms. The summed E-state index contributed by atoms with van der Waals surface area (Å²) < 4.78 is 11.3. The van der Waals surface area contributed by atoms with Gasteiger partial charge >= 0.3 is 0 Å². The minimum absolute atomic E-state index is 0.0289. The Labute approximate surface area is 211 Å². The number of carbonyl (C=O) groups is 2. The van der Waals surface area contributed by atoms with E-state index in [4.69, 9.17) is 9.47 Å². The molecule has 0 spiro atoms. The van der Waals surface area contributed by atoms with Gasteiger partial charge in [0.15, 0.2) is 0 Å². The van der Waals surface area contributed by atoms with Crippen molar-refractivity contribution in [2.75, 3.05) is 26.8 Å². The normalized spacial score (nSPS) is 15.7. The first-order valence-electron chi connectivity index (χ1n) is 12.0. The molecule has 0 radical (unpaired) electrons. The molecule has 2 heterocycles. The van der Waals surface area contributed by atoms with Crippen LogP contribution in [0.4, 0.5) is 0 Å². The van der Waals surface area contributed by atoms with Crippen LogP contribution in [0.5, 0.6) is 11.5 Å². The summed E-state index contributed by atoms with van der Waals surface area (Å²) in [6, 6.07) is 18.5. The minimum Gasteiger partial charge on any atom is -0.497 e. The number of para-hydroxylation sites is 1. The van der Waals surface area contributed by atoms with E-state index in [1.807, 2.05) is 49.1 Å². The maximum absolute atomic E-state index is 13.7. The maximum atomic E-state index is 13.7. The highest BCUT2D eigenvalue weighted by molar-refractivity contribution is 7.10. The number of nitrogens with zero attached hydrogens (tertiary/aromatic N) is 2. The van der Waals surface area contributed by atoms with Crippen LogP contribution in [0.1, 0.15) is 47.1 Å². The zero-order chi connectivity index (χ0) is 24.8. The third-order valence-electron chi connectivity index (χ3n) is 6.59. The number of benzene rings is 2. The number of methoxy groups -OCH3 is 1. The summed E-state index contributed by atoms with van der Waals surface area (Å²) in [6.07, 6.45) is 1.57. The summed E-state index contributed by atoms with van der Waals surface area (Å²) >= 11 is 1.72. The van der Waals surface area contributed by atoms with E-state index in [2.05, 4.69) is 11.4 Å². The number of hydrogen-bond acceptors (Lipinski definition) is 5. The minimum atomic E-state index is -0.187. The van der Waals surface area contributed by atoms with E-state index in [-0.39, 0.29) is 30.4 Å². The van der Waals surface area contributed by atoms with Crippen molar-refractivity contribution in [3.05, 3.63) is 82.0 Å². The monoisotopic (exact) mass is 492 g/mol. The quantitative estimate of drug-likeness (QED) is 0.412. The number of amides is 2. The van der Waals surface area contributed by atoms with Gasteiger partial charge in [-0.05, 0) is 73.2 Å². The summed E-state index contributed by atoms with van der Waals surface area (Å²) in [4.78, 5) is 31.9. The second-order valence-corrected chi connectivity index (χ2v) is 9.70. The van der Waals surface area contributed by atoms with Crippen molar-refractivity contribution in [3.63, 3.8) is 0 Å². The lowest BCUT2D eigenvalue weighted by molar-refractivity contribution is -0.136. The van der Waals surface area contributed by atoms with Gasteiger partial charge in [-0.15, -0.1) is 11.3 Å². The third-order valence-corrected chi connectivity index (χ3v) is 7.59. The zero-order valence-corrected chi connectivity index (χ0v) is 21.3. The molecule has 2 atom stereocenters. The number of thiophene rings is 1. The average Bonchev–Trinajstić information content (AvgIpc) is 3.39. The van der Waals surface area contributed by atoms with E-state index in [1.54, 1.807) is 47.6 Å². The van der Waals surface area contributed by atoms with E-state index in [0.29, 0.717) is 24.5 Å². The van der Waals surface area contributed by atoms with Crippen LogP contribution >= 0.6 is 11.3 Å². The van der Waals surface area contributed by atoms with Gasteiger partial charge in [0.2, 0.25) is 5.91 Å². The number of hydrogen-bond donors (Lipinski definition) is 0. The Hall–Kier alpha value is -3.32. The van der Waals surface area contributed by atoms with Crippen LogP contribution in [0.25, 0.3) is 0 Å². The highest BCUT2D eigenvalue weighted by atomic mass is 32.1. The first-order chi connectivity index (χ1) is 17.0. The molecule has 1 aromatic heterocycles. The summed E-state index contributed by atoms with van der Waals surface area (Å²) in [5, 5.41) is 2.08. The second-order valence-electron chi connectivity index (χ2n) is 8.69. The van der Waals surface area contributed by atoms with Crippen LogP contribution in [0, 0.1) is 0 Å². The molecule has 4 rings (SSSR count). The molecule has 2 aromatic carbocycles. The van der Waals surface area contributed by atoms with Crippen molar-refractivity contribution in [1.82, 2.24) is 9.80 Å². The van der Waals surface area contributed by atoms with Crippen molar-refractivity contribution in [1.29, 1.82) is 0 Å². The fraction of sp³-hybridized carbons (Fsp3) is 0.357. The van der Waals surface area contributed by atoms with Crippen molar-refractivity contribution >= 4 is 23.2 Å². The van der Waals surface area contributed by atoms with Crippen molar-refractivity contribution in [3.8, 4) is 11.5 Å². The largest absolute Gasteiger partial charge is 0.497 e. The van der Waals surface area contributed by atoms with Gasteiger partial charge in [-0.3, -0.25) is 9.59 Å². The predicted molar refractivity (Wildman–Crippen MR) is 138 cm³/mol. The maximum Gasteiger partial charge on any atom is 0.254 e. The fourth-order valence-corrected chi connectivity index (χ4v) is 5.28. The van der Waals surface area contributed by atoms with Crippen LogP contribution in [0.3, 0.4) is 0 Å². The molecule has 0 aliphatic carbocycles. The van der Waals surface area contributed by atoms with Crippen LogP contribution in [0.15, 0.2) is 66.0 Å². The first kappa shape index (κ1) is 24.8. The van der Waals surface area contributed by atoms with E-state index in [1.165, 1.54) is 4.88 Å². The van der Waals surface area contributed by atoms with Crippen LogP contribution in [-0.2, 0) is 11.2 Å². The second kappa shape index (κ2) is 11.4. The molecular formula is C28H32N2O4S. The predicted octanol–water partition coefficient (Wildman–Crippen LogP) is 5.20. The van der Waals surface area contributed by atoms with Gasteiger partial charge in [-0.1, -0.05) is 25.1 Å².